The van der Waals surface area contributed by atoms with Gasteiger partial charge in [-0.3, -0.25) is 4.79 Å². The molecular formula is C13H22N2OS. The monoisotopic (exact) mass is 254 g/mol. The highest BCUT2D eigenvalue weighted by Gasteiger charge is 2.18. The Bertz CT molecular complexity index is 324. The smallest absolute Gasteiger partial charge is 0.237 e. The highest BCUT2D eigenvalue weighted by atomic mass is 32.1. The van der Waals surface area contributed by atoms with Gasteiger partial charge in [-0.15, -0.1) is 11.3 Å². The van der Waals surface area contributed by atoms with Gasteiger partial charge in [-0.1, -0.05) is 32.8 Å². The first kappa shape index (κ1) is 14.2. The molecule has 17 heavy (non-hydrogen) atoms. The van der Waals surface area contributed by atoms with E-state index in [2.05, 4.69) is 18.3 Å². The summed E-state index contributed by atoms with van der Waals surface area (Å²) in [5.74, 6) is -0.0290. The van der Waals surface area contributed by atoms with E-state index in [0.29, 0.717) is 0 Å². The van der Waals surface area contributed by atoms with Crippen molar-refractivity contribution in [3.8, 4) is 0 Å². The molecule has 96 valence electrons. The van der Waals surface area contributed by atoms with Crippen LogP contribution in [-0.2, 0) is 4.79 Å². The van der Waals surface area contributed by atoms with Gasteiger partial charge in [0.05, 0.1) is 12.1 Å². The van der Waals surface area contributed by atoms with Crippen molar-refractivity contribution in [3.05, 3.63) is 22.4 Å². The zero-order chi connectivity index (χ0) is 12.7. The Labute approximate surface area is 107 Å². The van der Waals surface area contributed by atoms with E-state index in [4.69, 9.17) is 5.73 Å². The number of rotatable bonds is 7. The largest absolute Gasteiger partial charge is 0.347 e. The highest BCUT2D eigenvalue weighted by Crippen LogP contribution is 2.23. The molecule has 0 aliphatic rings. The Morgan fingerprint density at radius 2 is 2.12 bits per heavy atom. The van der Waals surface area contributed by atoms with E-state index < -0.39 is 0 Å². The number of carbonyl (C=O) groups excluding carboxylic acids is 1. The lowest BCUT2D eigenvalue weighted by molar-refractivity contribution is -0.123. The maximum Gasteiger partial charge on any atom is 0.237 e. The van der Waals surface area contributed by atoms with Crippen molar-refractivity contribution >= 4 is 17.2 Å². The zero-order valence-corrected chi connectivity index (χ0v) is 11.4. The van der Waals surface area contributed by atoms with Crippen molar-refractivity contribution < 1.29 is 4.79 Å². The van der Waals surface area contributed by atoms with Crippen molar-refractivity contribution in [2.24, 2.45) is 5.73 Å². The van der Waals surface area contributed by atoms with Crippen LogP contribution >= 0.6 is 11.3 Å². The van der Waals surface area contributed by atoms with Gasteiger partial charge in [-0.25, -0.2) is 0 Å². The Hall–Kier alpha value is -0.870. The number of nitrogens with one attached hydrogen (secondary N) is 1. The molecule has 2 atom stereocenters. The number of carbonyl (C=O) groups is 1. The lowest BCUT2D eigenvalue weighted by atomic mass is 10.1. The van der Waals surface area contributed by atoms with Gasteiger partial charge in [0.15, 0.2) is 0 Å². The second-order valence-electron chi connectivity index (χ2n) is 4.26. The SMILES string of the molecule is CCCC(N)C(=O)NC(CCC)c1cccs1. The fraction of sp³-hybridized carbons (Fsp3) is 0.615. The van der Waals surface area contributed by atoms with Gasteiger partial charge in [0.1, 0.15) is 0 Å². The van der Waals surface area contributed by atoms with E-state index in [0.717, 1.165) is 25.7 Å². The summed E-state index contributed by atoms with van der Waals surface area (Å²) in [4.78, 5) is 13.1. The number of amides is 1. The average Bonchev–Trinajstić information content (AvgIpc) is 2.82. The van der Waals surface area contributed by atoms with Gasteiger partial charge in [-0.05, 0) is 24.3 Å². The molecule has 0 saturated heterocycles. The van der Waals surface area contributed by atoms with Crippen LogP contribution < -0.4 is 11.1 Å². The standard InChI is InChI=1S/C13H22N2OS/c1-3-6-10(14)13(16)15-11(7-4-2)12-8-5-9-17-12/h5,8-11H,3-4,6-7,14H2,1-2H3,(H,15,16). The number of nitrogens with two attached hydrogens (primary N) is 1. The summed E-state index contributed by atoms with van der Waals surface area (Å²) in [6.45, 7) is 4.16. The van der Waals surface area contributed by atoms with Gasteiger partial charge in [0, 0.05) is 4.88 Å². The fourth-order valence-corrected chi connectivity index (χ4v) is 2.60. The summed E-state index contributed by atoms with van der Waals surface area (Å²) < 4.78 is 0. The van der Waals surface area contributed by atoms with Gasteiger partial charge in [-0.2, -0.15) is 0 Å². The molecular weight excluding hydrogens is 232 g/mol. The summed E-state index contributed by atoms with van der Waals surface area (Å²) in [6.07, 6.45) is 3.69. The summed E-state index contributed by atoms with van der Waals surface area (Å²) in [6, 6.07) is 3.83. The van der Waals surface area contributed by atoms with E-state index in [-0.39, 0.29) is 18.0 Å². The minimum absolute atomic E-state index is 0.0290. The molecule has 0 bridgehead atoms. The lowest BCUT2D eigenvalue weighted by Crippen LogP contribution is -2.42. The molecule has 2 unspecified atom stereocenters. The number of hydrogen-bond donors (Lipinski definition) is 2. The fourth-order valence-electron chi connectivity index (χ4n) is 1.78. The van der Waals surface area contributed by atoms with Crippen LogP contribution in [0.15, 0.2) is 17.5 Å². The Kier molecular flexibility index (Phi) is 6.22. The molecule has 0 aromatic carbocycles. The van der Waals surface area contributed by atoms with Gasteiger partial charge < -0.3 is 11.1 Å². The molecule has 3 nitrogen and oxygen atoms in total. The second kappa shape index (κ2) is 7.45. The summed E-state index contributed by atoms with van der Waals surface area (Å²) in [5, 5.41) is 5.09. The summed E-state index contributed by atoms with van der Waals surface area (Å²) in [5.41, 5.74) is 5.82. The summed E-state index contributed by atoms with van der Waals surface area (Å²) in [7, 11) is 0. The molecule has 0 saturated carbocycles. The van der Waals surface area contributed by atoms with Gasteiger partial charge >= 0.3 is 0 Å². The van der Waals surface area contributed by atoms with E-state index in [1.54, 1.807) is 11.3 Å². The third-order valence-corrected chi connectivity index (χ3v) is 3.70. The van der Waals surface area contributed by atoms with E-state index in [1.165, 1.54) is 4.88 Å². The molecule has 0 radical (unpaired) electrons. The molecule has 1 aromatic rings. The predicted octanol–water partition coefficient (Wildman–Crippen LogP) is 2.83. The molecule has 3 N–H and O–H groups in total. The van der Waals surface area contributed by atoms with Crippen molar-refractivity contribution in [3.63, 3.8) is 0 Å². The minimum Gasteiger partial charge on any atom is -0.347 e. The highest BCUT2D eigenvalue weighted by molar-refractivity contribution is 7.10. The molecule has 1 rings (SSSR count). The van der Waals surface area contributed by atoms with E-state index in [9.17, 15) is 4.79 Å². The third kappa shape index (κ3) is 4.48. The van der Waals surface area contributed by atoms with E-state index >= 15 is 0 Å². The molecule has 0 spiro atoms. The third-order valence-electron chi connectivity index (χ3n) is 2.72. The Morgan fingerprint density at radius 3 is 2.65 bits per heavy atom. The molecule has 1 amide bonds. The quantitative estimate of drug-likeness (QED) is 0.786. The number of thiophene rings is 1. The van der Waals surface area contributed by atoms with Crippen LogP contribution in [0.25, 0.3) is 0 Å². The zero-order valence-electron chi connectivity index (χ0n) is 10.6. The lowest BCUT2D eigenvalue weighted by Gasteiger charge is -2.19. The first-order valence-corrected chi connectivity index (χ1v) is 7.16. The molecule has 4 heteroatoms. The molecule has 1 heterocycles. The van der Waals surface area contributed by atoms with Crippen LogP contribution in [0.5, 0.6) is 0 Å². The van der Waals surface area contributed by atoms with Gasteiger partial charge in [0.2, 0.25) is 5.91 Å². The van der Waals surface area contributed by atoms with Crippen molar-refractivity contribution in [1.29, 1.82) is 0 Å². The van der Waals surface area contributed by atoms with Crippen molar-refractivity contribution in [2.45, 2.75) is 51.6 Å². The molecule has 0 fully saturated rings. The Morgan fingerprint density at radius 1 is 1.41 bits per heavy atom. The van der Waals surface area contributed by atoms with Crippen LogP contribution in [0.1, 0.15) is 50.4 Å². The van der Waals surface area contributed by atoms with Crippen molar-refractivity contribution in [1.82, 2.24) is 5.32 Å². The average molecular weight is 254 g/mol. The normalized spacial score (nSPS) is 14.3. The maximum atomic E-state index is 11.9. The topological polar surface area (TPSA) is 55.1 Å². The van der Waals surface area contributed by atoms with Crippen LogP contribution in [0.2, 0.25) is 0 Å². The molecule has 1 aromatic heterocycles. The van der Waals surface area contributed by atoms with E-state index in [1.807, 2.05) is 18.4 Å². The summed E-state index contributed by atoms with van der Waals surface area (Å²) >= 11 is 1.68. The second-order valence-corrected chi connectivity index (χ2v) is 5.24. The first-order chi connectivity index (χ1) is 8.19. The van der Waals surface area contributed by atoms with Gasteiger partial charge in [0.25, 0.3) is 0 Å². The first-order valence-electron chi connectivity index (χ1n) is 6.28. The minimum atomic E-state index is -0.376. The Balaban J connectivity index is 2.58. The van der Waals surface area contributed by atoms with Crippen LogP contribution in [0.3, 0.4) is 0 Å². The molecule has 0 aliphatic heterocycles. The number of hydrogen-bond acceptors (Lipinski definition) is 3. The van der Waals surface area contributed by atoms with Crippen LogP contribution in [0.4, 0.5) is 0 Å². The maximum absolute atomic E-state index is 11.9. The van der Waals surface area contributed by atoms with Crippen LogP contribution in [0, 0.1) is 0 Å². The van der Waals surface area contributed by atoms with Crippen molar-refractivity contribution in [2.75, 3.05) is 0 Å². The molecule has 0 aliphatic carbocycles. The van der Waals surface area contributed by atoms with Crippen LogP contribution in [-0.4, -0.2) is 11.9 Å². The predicted molar refractivity (Wildman–Crippen MR) is 73.0 cm³/mol.